The maximum atomic E-state index is 11.8. The number of carbonyl (C=O) groups excluding carboxylic acids is 1. The van der Waals surface area contributed by atoms with Gasteiger partial charge in [0.25, 0.3) is 0 Å². The van der Waals surface area contributed by atoms with E-state index in [4.69, 9.17) is 9.63 Å². The number of nitrogens with one attached hydrogen (secondary N) is 1. The van der Waals surface area contributed by atoms with E-state index in [1.165, 1.54) is 0 Å². The van der Waals surface area contributed by atoms with Crippen LogP contribution in [0.1, 0.15) is 36.8 Å². The van der Waals surface area contributed by atoms with Crippen molar-refractivity contribution in [3.63, 3.8) is 0 Å². The van der Waals surface area contributed by atoms with E-state index in [2.05, 4.69) is 20.4 Å². The van der Waals surface area contributed by atoms with Gasteiger partial charge in [-0.15, -0.1) is 0 Å². The Labute approximate surface area is 151 Å². The molecule has 2 atom stereocenters. The lowest BCUT2D eigenvalue weighted by Crippen LogP contribution is -2.36. The normalized spacial score (nSPS) is 20.2. The van der Waals surface area contributed by atoms with E-state index in [9.17, 15) is 9.59 Å². The number of likely N-dealkylation sites (tertiary alicyclic amines) is 1. The highest BCUT2D eigenvalue weighted by molar-refractivity contribution is 5.80. The molecule has 1 aliphatic rings. The minimum Gasteiger partial charge on any atom is -0.481 e. The third-order valence-electron chi connectivity index (χ3n) is 4.52. The van der Waals surface area contributed by atoms with Crippen LogP contribution < -0.4 is 5.32 Å². The molecule has 1 fully saturated rings. The van der Waals surface area contributed by atoms with Crippen molar-refractivity contribution < 1.29 is 19.2 Å². The first-order chi connectivity index (χ1) is 12.4. The summed E-state index contributed by atoms with van der Waals surface area (Å²) in [5, 5.41) is 15.6. The molecule has 2 N–H and O–H groups in total. The number of aromatic nitrogens is 2. The van der Waals surface area contributed by atoms with Gasteiger partial charge in [0.2, 0.25) is 17.6 Å². The van der Waals surface area contributed by atoms with Gasteiger partial charge in [-0.1, -0.05) is 35.0 Å². The number of amides is 1. The van der Waals surface area contributed by atoms with E-state index in [1.54, 1.807) is 0 Å². The molecule has 3 rings (SSSR count). The molecule has 1 aromatic heterocycles. The highest BCUT2D eigenvalue weighted by atomic mass is 16.5. The fourth-order valence-electron chi connectivity index (χ4n) is 3.10. The molecule has 1 saturated heterocycles. The molecule has 138 valence electrons. The molecule has 2 aromatic rings. The van der Waals surface area contributed by atoms with Gasteiger partial charge in [-0.3, -0.25) is 14.5 Å². The molecule has 0 radical (unpaired) electrons. The standard InChI is InChI=1S/C18H22N4O4/c1-11-3-5-12(6-4-11)17-20-18(26-21-17)14-9-13(10-22(14)2)19-15(23)7-8-16(24)25/h3-6,13-14H,7-10H2,1-2H3,(H,19,23)(H,24,25). The average Bonchev–Trinajstić information content (AvgIpc) is 3.20. The Bertz CT molecular complexity index is 787. The molecule has 2 heterocycles. The van der Waals surface area contributed by atoms with Gasteiger partial charge in [0.05, 0.1) is 12.5 Å². The molecule has 0 saturated carbocycles. The quantitative estimate of drug-likeness (QED) is 0.810. The van der Waals surface area contributed by atoms with Crippen LogP contribution in [0.3, 0.4) is 0 Å². The Hall–Kier alpha value is -2.74. The van der Waals surface area contributed by atoms with Crippen LogP contribution in [0.4, 0.5) is 0 Å². The van der Waals surface area contributed by atoms with Crippen molar-refractivity contribution >= 4 is 11.9 Å². The zero-order valence-electron chi connectivity index (χ0n) is 14.8. The second-order valence-corrected chi connectivity index (χ2v) is 6.67. The Kier molecular flexibility index (Phi) is 5.32. The smallest absolute Gasteiger partial charge is 0.303 e. The number of hydrogen-bond acceptors (Lipinski definition) is 6. The summed E-state index contributed by atoms with van der Waals surface area (Å²) < 4.78 is 5.44. The monoisotopic (exact) mass is 358 g/mol. The second kappa shape index (κ2) is 7.65. The fraction of sp³-hybridized carbons (Fsp3) is 0.444. The van der Waals surface area contributed by atoms with Crippen LogP contribution in [0, 0.1) is 6.92 Å². The zero-order chi connectivity index (χ0) is 18.7. The number of carboxylic acids is 1. The lowest BCUT2D eigenvalue weighted by molar-refractivity contribution is -0.138. The number of benzene rings is 1. The van der Waals surface area contributed by atoms with Crippen molar-refractivity contribution in [2.75, 3.05) is 13.6 Å². The lowest BCUT2D eigenvalue weighted by atomic mass is 10.1. The third kappa shape index (κ3) is 4.26. The number of carbonyl (C=O) groups is 2. The van der Waals surface area contributed by atoms with Gasteiger partial charge in [-0.25, -0.2) is 0 Å². The van der Waals surface area contributed by atoms with Crippen LogP contribution in [-0.2, 0) is 9.59 Å². The van der Waals surface area contributed by atoms with Crippen molar-refractivity contribution in [1.82, 2.24) is 20.4 Å². The van der Waals surface area contributed by atoms with E-state index in [1.807, 2.05) is 38.2 Å². The Balaban J connectivity index is 1.62. The van der Waals surface area contributed by atoms with Crippen molar-refractivity contribution in [1.29, 1.82) is 0 Å². The first-order valence-electron chi connectivity index (χ1n) is 8.54. The molecule has 0 bridgehead atoms. The summed E-state index contributed by atoms with van der Waals surface area (Å²) in [5.74, 6) is -0.166. The minimum atomic E-state index is -0.976. The minimum absolute atomic E-state index is 0.0155. The van der Waals surface area contributed by atoms with Gasteiger partial charge in [0.15, 0.2) is 0 Å². The first-order valence-corrected chi connectivity index (χ1v) is 8.54. The topological polar surface area (TPSA) is 109 Å². The number of aryl methyl sites for hydroxylation is 1. The summed E-state index contributed by atoms with van der Waals surface area (Å²) in [4.78, 5) is 28.9. The Morgan fingerprint density at radius 1 is 1.31 bits per heavy atom. The van der Waals surface area contributed by atoms with Gasteiger partial charge in [0.1, 0.15) is 0 Å². The summed E-state index contributed by atoms with van der Waals surface area (Å²) in [5.41, 5.74) is 2.05. The molecule has 1 aliphatic heterocycles. The van der Waals surface area contributed by atoms with Gasteiger partial charge >= 0.3 is 5.97 Å². The van der Waals surface area contributed by atoms with Crippen molar-refractivity contribution in [3.8, 4) is 11.4 Å². The molecule has 0 aliphatic carbocycles. The summed E-state index contributed by atoms with van der Waals surface area (Å²) in [6.07, 6.45) is 0.463. The highest BCUT2D eigenvalue weighted by Gasteiger charge is 2.35. The number of likely N-dealkylation sites (N-methyl/N-ethyl adjacent to an activating group) is 1. The third-order valence-corrected chi connectivity index (χ3v) is 4.52. The van der Waals surface area contributed by atoms with Crippen LogP contribution in [0.15, 0.2) is 28.8 Å². The highest BCUT2D eigenvalue weighted by Crippen LogP contribution is 2.31. The Morgan fingerprint density at radius 3 is 2.73 bits per heavy atom. The maximum Gasteiger partial charge on any atom is 0.303 e. The van der Waals surface area contributed by atoms with E-state index in [0.717, 1.165) is 11.1 Å². The number of nitrogens with zero attached hydrogens (tertiary/aromatic N) is 3. The molecule has 1 aromatic carbocycles. The molecule has 8 heteroatoms. The molecule has 26 heavy (non-hydrogen) atoms. The van der Waals surface area contributed by atoms with Crippen LogP contribution in [0.2, 0.25) is 0 Å². The predicted molar refractivity (Wildman–Crippen MR) is 93.3 cm³/mol. The molecule has 8 nitrogen and oxygen atoms in total. The van der Waals surface area contributed by atoms with Crippen molar-refractivity contribution in [3.05, 3.63) is 35.7 Å². The SMILES string of the molecule is Cc1ccc(-c2noc(C3CC(NC(=O)CCC(=O)O)CN3C)n2)cc1. The van der Waals surface area contributed by atoms with Crippen LogP contribution in [0.5, 0.6) is 0 Å². The van der Waals surface area contributed by atoms with E-state index < -0.39 is 5.97 Å². The van der Waals surface area contributed by atoms with Gasteiger partial charge < -0.3 is 14.9 Å². The summed E-state index contributed by atoms with van der Waals surface area (Å²) in [6.45, 7) is 2.66. The summed E-state index contributed by atoms with van der Waals surface area (Å²) >= 11 is 0. The average molecular weight is 358 g/mol. The van der Waals surface area contributed by atoms with E-state index >= 15 is 0 Å². The van der Waals surface area contributed by atoms with Gasteiger partial charge in [-0.05, 0) is 20.4 Å². The number of rotatable bonds is 6. The van der Waals surface area contributed by atoms with Crippen molar-refractivity contribution in [2.24, 2.45) is 0 Å². The van der Waals surface area contributed by atoms with E-state index in [-0.39, 0.29) is 30.8 Å². The van der Waals surface area contributed by atoms with Crippen LogP contribution >= 0.6 is 0 Å². The van der Waals surface area contributed by atoms with Gasteiger partial charge in [0, 0.05) is 24.6 Å². The molecule has 2 unspecified atom stereocenters. The fourth-order valence-corrected chi connectivity index (χ4v) is 3.10. The summed E-state index contributed by atoms with van der Waals surface area (Å²) in [6, 6.07) is 7.75. The number of hydrogen-bond donors (Lipinski definition) is 2. The second-order valence-electron chi connectivity index (χ2n) is 6.67. The maximum absolute atomic E-state index is 11.8. The largest absolute Gasteiger partial charge is 0.481 e. The molecule has 0 spiro atoms. The molecular weight excluding hydrogens is 336 g/mol. The van der Waals surface area contributed by atoms with Gasteiger partial charge in [-0.2, -0.15) is 4.98 Å². The number of aliphatic carboxylic acids is 1. The first kappa shape index (κ1) is 18.1. The zero-order valence-corrected chi connectivity index (χ0v) is 14.8. The lowest BCUT2D eigenvalue weighted by Gasteiger charge is -2.14. The van der Waals surface area contributed by atoms with Crippen molar-refractivity contribution in [2.45, 2.75) is 38.3 Å². The van der Waals surface area contributed by atoms with Crippen LogP contribution in [0.25, 0.3) is 11.4 Å². The predicted octanol–water partition coefficient (Wildman–Crippen LogP) is 1.77. The van der Waals surface area contributed by atoms with E-state index in [0.29, 0.717) is 24.7 Å². The molecule has 1 amide bonds. The van der Waals surface area contributed by atoms with Crippen LogP contribution in [-0.4, -0.2) is 51.7 Å². The Morgan fingerprint density at radius 2 is 2.04 bits per heavy atom. The summed E-state index contributed by atoms with van der Waals surface area (Å²) in [7, 11) is 1.93. The molecular formula is C18H22N4O4. The number of carboxylic acid groups (broad SMARTS) is 1.